The Hall–Kier alpha value is -1.37. The monoisotopic (exact) mass is 350 g/mol. The number of thiophene rings is 1. The highest BCUT2D eigenvalue weighted by atomic mass is 32.2. The zero-order valence-corrected chi connectivity index (χ0v) is 15.1. The number of hydrogen-bond donors (Lipinski definition) is 1. The Kier molecular flexibility index (Phi) is 4.75. The van der Waals surface area contributed by atoms with Gasteiger partial charge in [0, 0.05) is 30.2 Å². The van der Waals surface area contributed by atoms with Gasteiger partial charge in [0.25, 0.3) is 0 Å². The van der Waals surface area contributed by atoms with Gasteiger partial charge >= 0.3 is 0 Å². The summed E-state index contributed by atoms with van der Waals surface area (Å²) in [6.07, 6.45) is 0.764. The summed E-state index contributed by atoms with van der Waals surface area (Å²) in [5.74, 6) is 0.164. The summed E-state index contributed by atoms with van der Waals surface area (Å²) in [6, 6.07) is 8.28. The maximum atomic E-state index is 12.1. The molecule has 0 saturated carbocycles. The summed E-state index contributed by atoms with van der Waals surface area (Å²) >= 11 is 1.76. The molecule has 6 heteroatoms. The van der Waals surface area contributed by atoms with E-state index in [1.807, 2.05) is 12.1 Å². The molecule has 23 heavy (non-hydrogen) atoms. The molecule has 0 saturated heterocycles. The molecule has 4 nitrogen and oxygen atoms in total. The van der Waals surface area contributed by atoms with Crippen LogP contribution < -0.4 is 5.32 Å². The number of rotatable bonds is 5. The standard InChI is InChI=1S/C17H22N2O2S2/c1-3-23(20,21)19-9-7-16-15(12-19)5-4-6-17(16)18-11-14-8-10-22-13(14)2/h4-6,8,10,18H,3,7,9,11-12H2,1-2H3. The minimum Gasteiger partial charge on any atom is -0.381 e. The van der Waals surface area contributed by atoms with Crippen LogP contribution in [0.2, 0.25) is 0 Å². The largest absolute Gasteiger partial charge is 0.381 e. The third kappa shape index (κ3) is 3.44. The van der Waals surface area contributed by atoms with Crippen molar-refractivity contribution >= 4 is 27.0 Å². The summed E-state index contributed by atoms with van der Waals surface area (Å²) in [4.78, 5) is 1.34. The number of fused-ring (bicyclic) bond motifs is 1. The maximum absolute atomic E-state index is 12.1. The quantitative estimate of drug-likeness (QED) is 0.899. The zero-order valence-electron chi connectivity index (χ0n) is 13.5. The lowest BCUT2D eigenvalue weighted by molar-refractivity contribution is 0.392. The lowest BCUT2D eigenvalue weighted by Gasteiger charge is -2.29. The van der Waals surface area contributed by atoms with Crippen molar-refractivity contribution in [3.05, 3.63) is 51.2 Å². The topological polar surface area (TPSA) is 49.4 Å². The predicted octanol–water partition coefficient (Wildman–Crippen LogP) is 3.38. The van der Waals surface area contributed by atoms with Crippen molar-refractivity contribution in [1.29, 1.82) is 0 Å². The van der Waals surface area contributed by atoms with Gasteiger partial charge in [-0.15, -0.1) is 11.3 Å². The molecule has 1 aliphatic rings. The van der Waals surface area contributed by atoms with E-state index in [9.17, 15) is 8.42 Å². The first kappa shape index (κ1) is 16.5. The maximum Gasteiger partial charge on any atom is 0.214 e. The number of nitrogens with zero attached hydrogens (tertiary/aromatic N) is 1. The molecule has 0 atom stereocenters. The zero-order chi connectivity index (χ0) is 16.4. The van der Waals surface area contributed by atoms with E-state index in [2.05, 4.69) is 29.8 Å². The van der Waals surface area contributed by atoms with E-state index in [0.29, 0.717) is 13.1 Å². The Morgan fingerprint density at radius 3 is 2.83 bits per heavy atom. The van der Waals surface area contributed by atoms with Crippen LogP contribution in [0.1, 0.15) is 28.5 Å². The smallest absolute Gasteiger partial charge is 0.214 e. The molecule has 2 heterocycles. The summed E-state index contributed by atoms with van der Waals surface area (Å²) in [7, 11) is -3.12. The van der Waals surface area contributed by atoms with Gasteiger partial charge in [0.1, 0.15) is 0 Å². The Morgan fingerprint density at radius 2 is 2.13 bits per heavy atom. The van der Waals surface area contributed by atoms with Crippen molar-refractivity contribution in [3.8, 4) is 0 Å². The van der Waals surface area contributed by atoms with Gasteiger partial charge in [-0.25, -0.2) is 8.42 Å². The van der Waals surface area contributed by atoms with Gasteiger partial charge in [-0.05, 0) is 54.5 Å². The number of hydrogen-bond acceptors (Lipinski definition) is 4. The van der Waals surface area contributed by atoms with Crippen molar-refractivity contribution in [2.24, 2.45) is 0 Å². The van der Waals surface area contributed by atoms with E-state index in [-0.39, 0.29) is 5.75 Å². The summed E-state index contributed by atoms with van der Waals surface area (Å²) in [6.45, 7) is 5.70. The van der Waals surface area contributed by atoms with Gasteiger partial charge in [-0.3, -0.25) is 0 Å². The highest BCUT2D eigenvalue weighted by Gasteiger charge is 2.26. The van der Waals surface area contributed by atoms with Crippen LogP contribution in [0.25, 0.3) is 0 Å². The van der Waals surface area contributed by atoms with Gasteiger partial charge in [0.2, 0.25) is 10.0 Å². The lowest BCUT2D eigenvalue weighted by atomic mass is 9.99. The van der Waals surface area contributed by atoms with Gasteiger partial charge in [-0.1, -0.05) is 12.1 Å². The Bertz CT molecular complexity index is 797. The highest BCUT2D eigenvalue weighted by Crippen LogP contribution is 2.28. The number of aryl methyl sites for hydroxylation is 1. The van der Waals surface area contributed by atoms with E-state index in [4.69, 9.17) is 0 Å². The van der Waals surface area contributed by atoms with Crippen LogP contribution in [0.4, 0.5) is 5.69 Å². The van der Waals surface area contributed by atoms with Crippen molar-refractivity contribution in [3.63, 3.8) is 0 Å². The van der Waals surface area contributed by atoms with Gasteiger partial charge in [0.05, 0.1) is 5.75 Å². The van der Waals surface area contributed by atoms with Crippen LogP contribution in [-0.2, 0) is 29.5 Å². The van der Waals surface area contributed by atoms with Crippen LogP contribution in [0.5, 0.6) is 0 Å². The molecule has 0 fully saturated rings. The summed E-state index contributed by atoms with van der Waals surface area (Å²) < 4.78 is 25.8. The lowest BCUT2D eigenvalue weighted by Crippen LogP contribution is -2.37. The molecule has 0 unspecified atom stereocenters. The minimum atomic E-state index is -3.12. The molecule has 3 rings (SSSR count). The molecule has 2 aromatic rings. The molecule has 1 aliphatic heterocycles. The van der Waals surface area contributed by atoms with E-state index >= 15 is 0 Å². The molecule has 124 valence electrons. The average molecular weight is 351 g/mol. The van der Waals surface area contributed by atoms with E-state index in [1.54, 1.807) is 22.6 Å². The Balaban J connectivity index is 1.78. The minimum absolute atomic E-state index is 0.164. The fourth-order valence-electron chi connectivity index (χ4n) is 2.95. The second-order valence-electron chi connectivity index (χ2n) is 5.78. The average Bonchev–Trinajstić information content (AvgIpc) is 2.97. The van der Waals surface area contributed by atoms with Crippen LogP contribution in [0, 0.1) is 6.92 Å². The molecule has 1 aromatic carbocycles. The first-order valence-electron chi connectivity index (χ1n) is 7.86. The molecule has 0 aliphatic carbocycles. The third-order valence-electron chi connectivity index (χ3n) is 4.42. The van der Waals surface area contributed by atoms with Gasteiger partial charge < -0.3 is 5.32 Å². The van der Waals surface area contributed by atoms with E-state index in [1.165, 1.54) is 16.0 Å². The Morgan fingerprint density at radius 1 is 1.30 bits per heavy atom. The normalized spacial score (nSPS) is 15.4. The highest BCUT2D eigenvalue weighted by molar-refractivity contribution is 7.89. The summed E-state index contributed by atoms with van der Waals surface area (Å²) in [5.41, 5.74) is 4.81. The summed E-state index contributed by atoms with van der Waals surface area (Å²) in [5, 5.41) is 5.63. The SMILES string of the molecule is CCS(=O)(=O)N1CCc2c(cccc2NCc2ccsc2C)C1. The van der Waals surface area contributed by atoms with Crippen molar-refractivity contribution in [2.75, 3.05) is 17.6 Å². The van der Waals surface area contributed by atoms with Crippen LogP contribution in [-0.4, -0.2) is 25.0 Å². The molecule has 0 amide bonds. The number of benzene rings is 1. The first-order valence-corrected chi connectivity index (χ1v) is 10.4. The molecule has 1 aromatic heterocycles. The molecule has 1 N–H and O–H groups in total. The number of sulfonamides is 1. The molecule has 0 spiro atoms. The van der Waals surface area contributed by atoms with E-state index in [0.717, 1.165) is 24.2 Å². The predicted molar refractivity (Wildman–Crippen MR) is 96.4 cm³/mol. The van der Waals surface area contributed by atoms with Crippen LogP contribution >= 0.6 is 11.3 Å². The van der Waals surface area contributed by atoms with Crippen LogP contribution in [0.15, 0.2) is 29.6 Å². The second kappa shape index (κ2) is 6.63. The fourth-order valence-corrected chi connectivity index (χ4v) is 4.75. The van der Waals surface area contributed by atoms with Gasteiger partial charge in [-0.2, -0.15) is 4.31 Å². The van der Waals surface area contributed by atoms with Gasteiger partial charge in [0.15, 0.2) is 0 Å². The number of nitrogens with one attached hydrogen (secondary N) is 1. The fraction of sp³-hybridized carbons (Fsp3) is 0.412. The Labute approximate surface area is 142 Å². The third-order valence-corrected chi connectivity index (χ3v) is 7.14. The van der Waals surface area contributed by atoms with Crippen molar-refractivity contribution in [1.82, 2.24) is 4.31 Å². The molecular formula is C17H22N2O2S2. The van der Waals surface area contributed by atoms with Crippen molar-refractivity contribution < 1.29 is 8.42 Å². The first-order chi connectivity index (χ1) is 11.0. The molecule has 0 bridgehead atoms. The molecular weight excluding hydrogens is 328 g/mol. The van der Waals surface area contributed by atoms with Crippen LogP contribution in [0.3, 0.4) is 0 Å². The molecule has 0 radical (unpaired) electrons. The second-order valence-corrected chi connectivity index (χ2v) is 9.16. The van der Waals surface area contributed by atoms with Crippen molar-refractivity contribution in [2.45, 2.75) is 33.4 Å². The number of anilines is 1. The van der Waals surface area contributed by atoms with E-state index < -0.39 is 10.0 Å².